The van der Waals surface area contributed by atoms with Crippen molar-refractivity contribution in [1.82, 2.24) is 14.6 Å². The molecule has 1 saturated heterocycles. The highest BCUT2D eigenvalue weighted by atomic mass is 32.2. The van der Waals surface area contributed by atoms with Gasteiger partial charge in [0.1, 0.15) is 6.10 Å². The van der Waals surface area contributed by atoms with E-state index >= 15 is 0 Å². The fourth-order valence-electron chi connectivity index (χ4n) is 3.76. The SMILES string of the molecule is CCCS(=O)(=O)N1CC=C(c2ccc3nc(OC4CCNCC4)sc3c2)CC1. The third kappa shape index (κ3) is 4.40. The van der Waals surface area contributed by atoms with E-state index < -0.39 is 10.0 Å². The summed E-state index contributed by atoms with van der Waals surface area (Å²) in [6, 6.07) is 6.28. The maximum Gasteiger partial charge on any atom is 0.274 e. The second-order valence-corrected chi connectivity index (χ2v) is 10.5. The topological polar surface area (TPSA) is 71.5 Å². The summed E-state index contributed by atoms with van der Waals surface area (Å²) in [6.07, 6.45) is 5.73. The van der Waals surface area contributed by atoms with E-state index in [4.69, 9.17) is 4.74 Å². The number of benzene rings is 1. The minimum atomic E-state index is -3.12. The van der Waals surface area contributed by atoms with Gasteiger partial charge in [0.05, 0.1) is 16.0 Å². The summed E-state index contributed by atoms with van der Waals surface area (Å²) in [5, 5.41) is 4.09. The zero-order valence-corrected chi connectivity index (χ0v) is 17.8. The number of fused-ring (bicyclic) bond motifs is 1. The largest absolute Gasteiger partial charge is 0.467 e. The zero-order chi connectivity index (χ0) is 19.6. The molecule has 0 unspecified atom stereocenters. The molecule has 0 saturated carbocycles. The van der Waals surface area contributed by atoms with Crippen LogP contribution in [-0.2, 0) is 10.0 Å². The molecule has 2 aliphatic heterocycles. The number of piperidine rings is 1. The molecule has 0 radical (unpaired) electrons. The monoisotopic (exact) mass is 421 g/mol. The predicted molar refractivity (Wildman–Crippen MR) is 114 cm³/mol. The van der Waals surface area contributed by atoms with Crippen molar-refractivity contribution in [3.05, 3.63) is 29.8 Å². The highest BCUT2D eigenvalue weighted by molar-refractivity contribution is 7.89. The van der Waals surface area contributed by atoms with Gasteiger partial charge in [-0.15, -0.1) is 0 Å². The van der Waals surface area contributed by atoms with Gasteiger partial charge < -0.3 is 10.1 Å². The number of thiazole rings is 1. The summed E-state index contributed by atoms with van der Waals surface area (Å²) >= 11 is 1.59. The molecule has 0 aliphatic carbocycles. The van der Waals surface area contributed by atoms with Gasteiger partial charge >= 0.3 is 0 Å². The van der Waals surface area contributed by atoms with Gasteiger partial charge in [-0.2, -0.15) is 4.31 Å². The van der Waals surface area contributed by atoms with Gasteiger partial charge in [-0.25, -0.2) is 13.4 Å². The smallest absolute Gasteiger partial charge is 0.274 e. The molecule has 0 atom stereocenters. The maximum atomic E-state index is 12.2. The lowest BCUT2D eigenvalue weighted by molar-refractivity contribution is 0.162. The minimum absolute atomic E-state index is 0.225. The van der Waals surface area contributed by atoms with Crippen molar-refractivity contribution in [3.8, 4) is 5.19 Å². The fraction of sp³-hybridized carbons (Fsp3) is 0.550. The molecular weight excluding hydrogens is 394 g/mol. The normalized spacial score (nSPS) is 19.7. The molecular formula is C20H27N3O3S2. The minimum Gasteiger partial charge on any atom is -0.467 e. The Morgan fingerprint density at radius 2 is 2.14 bits per heavy atom. The first-order valence-electron chi connectivity index (χ1n) is 10.0. The highest BCUT2D eigenvalue weighted by Crippen LogP contribution is 2.33. The van der Waals surface area contributed by atoms with Crippen LogP contribution < -0.4 is 10.1 Å². The number of hydrogen-bond acceptors (Lipinski definition) is 6. The summed E-state index contributed by atoms with van der Waals surface area (Å²) in [4.78, 5) is 4.63. The lowest BCUT2D eigenvalue weighted by atomic mass is 10.0. The van der Waals surface area contributed by atoms with Crippen molar-refractivity contribution in [2.45, 2.75) is 38.7 Å². The molecule has 1 fully saturated rings. The first kappa shape index (κ1) is 19.8. The summed E-state index contributed by atoms with van der Waals surface area (Å²) in [5.41, 5.74) is 3.32. The van der Waals surface area contributed by atoms with Gasteiger partial charge in [-0.05, 0) is 62.0 Å². The molecule has 0 amide bonds. The summed E-state index contributed by atoms with van der Waals surface area (Å²) < 4.78 is 33.3. The molecule has 152 valence electrons. The van der Waals surface area contributed by atoms with Crippen LogP contribution >= 0.6 is 11.3 Å². The van der Waals surface area contributed by atoms with Gasteiger partial charge in [-0.1, -0.05) is 30.4 Å². The first-order chi connectivity index (χ1) is 13.5. The average molecular weight is 422 g/mol. The molecule has 8 heteroatoms. The Balaban J connectivity index is 1.48. The van der Waals surface area contributed by atoms with E-state index in [0.717, 1.165) is 53.3 Å². The van der Waals surface area contributed by atoms with Crippen LogP contribution in [0.25, 0.3) is 15.8 Å². The standard InChI is InChI=1S/C20H27N3O3S2/c1-2-13-28(24,25)23-11-7-15(8-12-23)16-3-4-18-19(14-16)27-20(22-18)26-17-5-9-21-10-6-17/h3-4,7,14,17,21H,2,5-6,8-13H2,1H3. The van der Waals surface area contributed by atoms with Crippen LogP contribution in [0.1, 0.15) is 38.2 Å². The first-order valence-corrected chi connectivity index (χ1v) is 12.4. The van der Waals surface area contributed by atoms with E-state index in [1.165, 1.54) is 5.57 Å². The summed E-state index contributed by atoms with van der Waals surface area (Å²) in [5.74, 6) is 0.225. The average Bonchev–Trinajstić information content (AvgIpc) is 3.10. The molecule has 0 spiro atoms. The van der Waals surface area contributed by atoms with Crippen molar-refractivity contribution >= 4 is 37.1 Å². The molecule has 2 aliphatic rings. The van der Waals surface area contributed by atoms with Crippen molar-refractivity contribution in [2.24, 2.45) is 0 Å². The van der Waals surface area contributed by atoms with Gasteiger partial charge in [-0.3, -0.25) is 0 Å². The van der Waals surface area contributed by atoms with Crippen LogP contribution in [0, 0.1) is 0 Å². The van der Waals surface area contributed by atoms with Crippen LogP contribution in [0.2, 0.25) is 0 Å². The van der Waals surface area contributed by atoms with Crippen LogP contribution in [0.15, 0.2) is 24.3 Å². The van der Waals surface area contributed by atoms with E-state index in [1.807, 2.05) is 19.1 Å². The van der Waals surface area contributed by atoms with Crippen LogP contribution in [0.3, 0.4) is 0 Å². The summed E-state index contributed by atoms with van der Waals surface area (Å²) in [7, 11) is -3.12. The fourth-order valence-corrected chi connectivity index (χ4v) is 6.13. The summed E-state index contributed by atoms with van der Waals surface area (Å²) in [6.45, 7) is 4.91. The van der Waals surface area contributed by atoms with E-state index in [1.54, 1.807) is 15.6 Å². The van der Waals surface area contributed by atoms with Crippen LogP contribution in [0.5, 0.6) is 5.19 Å². The van der Waals surface area contributed by atoms with Crippen molar-refractivity contribution < 1.29 is 13.2 Å². The number of ether oxygens (including phenoxy) is 1. The Bertz CT molecular complexity index is 962. The number of nitrogens with one attached hydrogen (secondary N) is 1. The molecule has 28 heavy (non-hydrogen) atoms. The molecule has 1 aromatic carbocycles. The highest BCUT2D eigenvalue weighted by Gasteiger charge is 2.24. The van der Waals surface area contributed by atoms with E-state index in [0.29, 0.717) is 19.5 Å². The van der Waals surface area contributed by atoms with Gasteiger partial charge in [0.15, 0.2) is 0 Å². The number of rotatable bonds is 6. The second kappa shape index (κ2) is 8.49. The second-order valence-electron chi connectivity index (χ2n) is 7.38. The molecule has 4 rings (SSSR count). The number of sulfonamides is 1. The Morgan fingerprint density at radius 1 is 1.32 bits per heavy atom. The Morgan fingerprint density at radius 3 is 2.86 bits per heavy atom. The Labute approximate surface area is 170 Å². The van der Waals surface area contributed by atoms with E-state index in [9.17, 15) is 8.42 Å². The lowest BCUT2D eigenvalue weighted by Gasteiger charge is -2.25. The number of aromatic nitrogens is 1. The molecule has 1 N–H and O–H groups in total. The molecule has 1 aromatic heterocycles. The van der Waals surface area contributed by atoms with Gasteiger partial charge in [0.2, 0.25) is 10.0 Å². The van der Waals surface area contributed by atoms with Gasteiger partial charge in [0.25, 0.3) is 5.19 Å². The molecule has 0 bridgehead atoms. The van der Waals surface area contributed by atoms with E-state index in [-0.39, 0.29) is 11.9 Å². The quantitative estimate of drug-likeness (QED) is 0.775. The van der Waals surface area contributed by atoms with Crippen LogP contribution in [0.4, 0.5) is 0 Å². The number of nitrogens with zero attached hydrogens (tertiary/aromatic N) is 2. The third-order valence-corrected chi connectivity index (χ3v) is 8.27. The number of hydrogen-bond donors (Lipinski definition) is 1. The van der Waals surface area contributed by atoms with E-state index in [2.05, 4.69) is 22.4 Å². The van der Waals surface area contributed by atoms with Crippen molar-refractivity contribution in [3.63, 3.8) is 0 Å². The molecule has 2 aromatic rings. The molecule has 3 heterocycles. The Hall–Kier alpha value is -1.48. The molecule has 6 nitrogen and oxygen atoms in total. The van der Waals surface area contributed by atoms with Crippen molar-refractivity contribution in [2.75, 3.05) is 31.9 Å². The predicted octanol–water partition coefficient (Wildman–Crippen LogP) is 3.26. The van der Waals surface area contributed by atoms with Crippen LogP contribution in [-0.4, -0.2) is 55.7 Å². The van der Waals surface area contributed by atoms with Crippen molar-refractivity contribution in [1.29, 1.82) is 0 Å². The third-order valence-electron chi connectivity index (χ3n) is 5.32. The lowest BCUT2D eigenvalue weighted by Crippen LogP contribution is -2.36. The zero-order valence-electron chi connectivity index (χ0n) is 16.2. The van der Waals surface area contributed by atoms with Gasteiger partial charge in [0, 0.05) is 13.1 Å². The maximum absolute atomic E-state index is 12.2. The Kier molecular flexibility index (Phi) is 6.01.